The second-order valence-corrected chi connectivity index (χ2v) is 6.27. The minimum absolute atomic E-state index is 0.172. The molecular weight excluding hydrogens is 298 g/mol. The molecule has 22 heavy (non-hydrogen) atoms. The first-order valence-corrected chi connectivity index (χ1v) is 8.30. The number of thioether (sulfide) groups is 1. The normalized spacial score (nSPS) is 14.5. The molecule has 0 saturated carbocycles. The highest BCUT2D eigenvalue weighted by Crippen LogP contribution is 2.26. The molecule has 2 N–H and O–H groups in total. The lowest BCUT2D eigenvalue weighted by atomic mass is 10.2. The van der Waals surface area contributed by atoms with Gasteiger partial charge in [0.05, 0.1) is 5.75 Å². The minimum atomic E-state index is 0.172. The summed E-state index contributed by atoms with van der Waals surface area (Å²) >= 11 is 1.42. The van der Waals surface area contributed by atoms with E-state index in [0.717, 1.165) is 36.7 Å². The highest BCUT2D eigenvalue weighted by molar-refractivity contribution is 7.99. The largest absolute Gasteiger partial charge is 0.398 e. The topological polar surface area (TPSA) is 77.0 Å². The third-order valence-electron chi connectivity index (χ3n) is 3.82. The summed E-state index contributed by atoms with van der Waals surface area (Å²) in [5.41, 5.74) is 7.51. The summed E-state index contributed by atoms with van der Waals surface area (Å²) in [6.07, 6.45) is 2.22. The molecule has 0 bridgehead atoms. The van der Waals surface area contributed by atoms with Crippen molar-refractivity contribution in [3.63, 3.8) is 0 Å². The Morgan fingerprint density at radius 3 is 2.73 bits per heavy atom. The summed E-state index contributed by atoms with van der Waals surface area (Å²) in [4.78, 5) is 14.0. The Labute approximate surface area is 133 Å². The van der Waals surface area contributed by atoms with Gasteiger partial charge in [-0.15, -0.1) is 10.2 Å². The molecule has 1 fully saturated rings. The van der Waals surface area contributed by atoms with Crippen molar-refractivity contribution in [1.29, 1.82) is 0 Å². The number of nitrogens with zero attached hydrogens (tertiary/aromatic N) is 4. The van der Waals surface area contributed by atoms with Gasteiger partial charge in [0, 0.05) is 31.4 Å². The van der Waals surface area contributed by atoms with Gasteiger partial charge in [0.15, 0.2) is 11.0 Å². The fourth-order valence-electron chi connectivity index (χ4n) is 2.56. The number of anilines is 1. The lowest BCUT2D eigenvalue weighted by Crippen LogP contribution is -2.29. The Balaban J connectivity index is 1.71. The van der Waals surface area contributed by atoms with Gasteiger partial charge in [-0.05, 0) is 25.0 Å². The predicted molar refractivity (Wildman–Crippen MR) is 87.4 cm³/mol. The molecule has 1 aromatic heterocycles. The number of aromatic nitrogens is 3. The van der Waals surface area contributed by atoms with E-state index in [1.807, 2.05) is 40.8 Å². The summed E-state index contributed by atoms with van der Waals surface area (Å²) in [5, 5.41) is 9.12. The van der Waals surface area contributed by atoms with Gasteiger partial charge in [-0.3, -0.25) is 4.79 Å². The van der Waals surface area contributed by atoms with Crippen LogP contribution in [-0.4, -0.2) is 44.4 Å². The van der Waals surface area contributed by atoms with Crippen LogP contribution in [0.15, 0.2) is 29.4 Å². The zero-order valence-corrected chi connectivity index (χ0v) is 13.3. The number of benzene rings is 1. The Bertz CT molecular complexity index is 678. The molecule has 1 aliphatic heterocycles. The van der Waals surface area contributed by atoms with Crippen molar-refractivity contribution in [2.75, 3.05) is 24.6 Å². The van der Waals surface area contributed by atoms with E-state index >= 15 is 0 Å². The maximum Gasteiger partial charge on any atom is 0.233 e. The van der Waals surface area contributed by atoms with Crippen molar-refractivity contribution in [3.8, 4) is 11.4 Å². The number of likely N-dealkylation sites (tertiary alicyclic amines) is 1. The first kappa shape index (κ1) is 14.9. The molecule has 1 saturated heterocycles. The number of nitrogen functional groups attached to an aromatic ring is 1. The fourth-order valence-corrected chi connectivity index (χ4v) is 3.37. The van der Waals surface area contributed by atoms with E-state index in [0.29, 0.717) is 17.3 Å². The van der Waals surface area contributed by atoms with Gasteiger partial charge in [-0.1, -0.05) is 23.9 Å². The molecule has 7 heteroatoms. The van der Waals surface area contributed by atoms with E-state index in [1.165, 1.54) is 11.8 Å². The summed E-state index contributed by atoms with van der Waals surface area (Å²) < 4.78 is 1.88. The van der Waals surface area contributed by atoms with Crippen LogP contribution in [0.4, 0.5) is 5.69 Å². The van der Waals surface area contributed by atoms with Gasteiger partial charge in [0.25, 0.3) is 0 Å². The van der Waals surface area contributed by atoms with Crippen LogP contribution >= 0.6 is 11.8 Å². The molecule has 1 aliphatic rings. The van der Waals surface area contributed by atoms with Crippen LogP contribution in [0, 0.1) is 0 Å². The van der Waals surface area contributed by atoms with Crippen LogP contribution in [0.1, 0.15) is 12.8 Å². The molecule has 2 aromatic rings. The lowest BCUT2D eigenvalue weighted by molar-refractivity contribution is -0.127. The number of rotatable bonds is 4. The van der Waals surface area contributed by atoms with Crippen LogP contribution in [0.3, 0.4) is 0 Å². The highest BCUT2D eigenvalue weighted by atomic mass is 32.2. The van der Waals surface area contributed by atoms with Gasteiger partial charge < -0.3 is 15.2 Å². The Morgan fingerprint density at radius 2 is 2.00 bits per heavy atom. The van der Waals surface area contributed by atoms with Crippen molar-refractivity contribution in [1.82, 2.24) is 19.7 Å². The highest BCUT2D eigenvalue weighted by Gasteiger charge is 2.19. The first-order valence-electron chi connectivity index (χ1n) is 7.31. The third-order valence-corrected chi connectivity index (χ3v) is 4.83. The second-order valence-electron chi connectivity index (χ2n) is 5.33. The molecule has 116 valence electrons. The molecule has 0 spiro atoms. The van der Waals surface area contributed by atoms with E-state index in [4.69, 9.17) is 5.73 Å². The van der Waals surface area contributed by atoms with E-state index in [-0.39, 0.29) is 5.91 Å². The summed E-state index contributed by atoms with van der Waals surface area (Å²) in [6.45, 7) is 1.76. The van der Waals surface area contributed by atoms with Gasteiger partial charge >= 0.3 is 0 Å². The quantitative estimate of drug-likeness (QED) is 0.687. The minimum Gasteiger partial charge on any atom is -0.398 e. The van der Waals surface area contributed by atoms with Crippen LogP contribution in [0.25, 0.3) is 11.4 Å². The van der Waals surface area contributed by atoms with Crippen molar-refractivity contribution < 1.29 is 4.79 Å². The maximum absolute atomic E-state index is 12.1. The van der Waals surface area contributed by atoms with E-state index in [1.54, 1.807) is 0 Å². The van der Waals surface area contributed by atoms with E-state index in [9.17, 15) is 4.79 Å². The predicted octanol–water partition coefficient (Wildman–Crippen LogP) is 1.78. The SMILES string of the molecule is Cn1c(SCC(=O)N2CCCC2)nnc1-c1ccccc1N. The van der Waals surface area contributed by atoms with Gasteiger partial charge in [0.1, 0.15) is 0 Å². The Hall–Kier alpha value is -2.02. The van der Waals surface area contributed by atoms with E-state index in [2.05, 4.69) is 10.2 Å². The van der Waals surface area contributed by atoms with Gasteiger partial charge in [-0.25, -0.2) is 0 Å². The average molecular weight is 317 g/mol. The van der Waals surface area contributed by atoms with Crippen molar-refractivity contribution in [2.24, 2.45) is 7.05 Å². The number of carbonyl (C=O) groups is 1. The average Bonchev–Trinajstić information content (AvgIpc) is 3.16. The second kappa shape index (κ2) is 6.39. The summed E-state index contributed by atoms with van der Waals surface area (Å²) in [6, 6.07) is 7.57. The molecule has 3 rings (SSSR count). The van der Waals surface area contributed by atoms with Crippen LogP contribution < -0.4 is 5.73 Å². The van der Waals surface area contributed by atoms with Crippen LogP contribution in [0.2, 0.25) is 0 Å². The first-order chi connectivity index (χ1) is 10.7. The zero-order valence-electron chi connectivity index (χ0n) is 12.5. The number of nitrogens with two attached hydrogens (primary N) is 1. The number of hydrogen-bond acceptors (Lipinski definition) is 5. The lowest BCUT2D eigenvalue weighted by Gasteiger charge is -2.14. The molecular formula is C15H19N5OS. The molecule has 0 unspecified atom stereocenters. The molecule has 1 aromatic carbocycles. The zero-order chi connectivity index (χ0) is 15.5. The molecule has 6 nitrogen and oxygen atoms in total. The summed E-state index contributed by atoms with van der Waals surface area (Å²) in [7, 11) is 1.89. The maximum atomic E-state index is 12.1. The standard InChI is InChI=1S/C15H19N5OS/c1-19-14(11-6-2-3-7-12(11)16)17-18-15(19)22-10-13(21)20-8-4-5-9-20/h2-3,6-7H,4-5,8-10,16H2,1H3. The summed E-state index contributed by atoms with van der Waals surface area (Å²) in [5.74, 6) is 1.29. The number of para-hydroxylation sites is 1. The fraction of sp³-hybridized carbons (Fsp3) is 0.400. The van der Waals surface area contributed by atoms with Gasteiger partial charge in [-0.2, -0.15) is 0 Å². The smallest absolute Gasteiger partial charge is 0.233 e. The Kier molecular flexibility index (Phi) is 4.33. The molecule has 0 aliphatic carbocycles. The van der Waals surface area contributed by atoms with Crippen molar-refractivity contribution in [3.05, 3.63) is 24.3 Å². The molecule has 1 amide bonds. The number of hydrogen-bond donors (Lipinski definition) is 1. The van der Waals surface area contributed by atoms with Gasteiger partial charge in [0.2, 0.25) is 5.91 Å². The Morgan fingerprint density at radius 1 is 1.27 bits per heavy atom. The molecule has 0 radical (unpaired) electrons. The number of carbonyl (C=O) groups excluding carboxylic acids is 1. The van der Waals surface area contributed by atoms with Crippen molar-refractivity contribution in [2.45, 2.75) is 18.0 Å². The monoisotopic (exact) mass is 317 g/mol. The van der Waals surface area contributed by atoms with E-state index < -0.39 is 0 Å². The molecule has 0 atom stereocenters. The third kappa shape index (κ3) is 2.94. The van der Waals surface area contributed by atoms with Crippen LogP contribution in [0.5, 0.6) is 0 Å². The van der Waals surface area contributed by atoms with Crippen LogP contribution in [-0.2, 0) is 11.8 Å². The van der Waals surface area contributed by atoms with Crippen molar-refractivity contribution >= 4 is 23.4 Å². The molecule has 2 heterocycles. The number of amides is 1.